The number of benzene rings is 2. The van der Waals surface area contributed by atoms with E-state index in [0.717, 1.165) is 5.56 Å². The molecule has 24 heavy (non-hydrogen) atoms. The Kier molecular flexibility index (Phi) is 3.59. The summed E-state index contributed by atoms with van der Waals surface area (Å²) in [5.74, 6) is -0.703. The summed E-state index contributed by atoms with van der Waals surface area (Å²) in [6.45, 7) is 0.387. The first kappa shape index (κ1) is 14.9. The zero-order valence-electron chi connectivity index (χ0n) is 13.0. The van der Waals surface area contributed by atoms with Crippen LogP contribution in [-0.2, 0) is 4.79 Å². The summed E-state index contributed by atoms with van der Waals surface area (Å²) in [6, 6.07) is 18.2. The number of fused-ring (bicyclic) bond motifs is 1. The normalized spacial score (nSPS) is 26.6. The highest BCUT2D eigenvalue weighted by Gasteiger charge is 2.48. The first-order valence-corrected chi connectivity index (χ1v) is 7.96. The highest BCUT2D eigenvalue weighted by atomic mass is 16.3. The smallest absolute Gasteiger partial charge is 0.238 e. The van der Waals surface area contributed by atoms with Gasteiger partial charge in [0.2, 0.25) is 5.91 Å². The molecule has 2 aromatic carbocycles. The fraction of sp³-hybridized carbons (Fsp3) is 0.211. The van der Waals surface area contributed by atoms with Crippen molar-refractivity contribution in [2.45, 2.75) is 12.3 Å². The molecule has 3 N–H and O–H groups in total. The summed E-state index contributed by atoms with van der Waals surface area (Å²) >= 11 is 0. The van der Waals surface area contributed by atoms with Crippen molar-refractivity contribution in [1.82, 2.24) is 5.32 Å². The molecule has 0 spiro atoms. The standard InChI is InChI=1S/C19H18N2O3/c22-17-15-14(11-20-16(17)12-7-3-1-4-8-12)18(23)21(19(15)24)13-9-5-2-6-10-13/h1-10,14,16,19-20,22,24H,11H2. The third-order valence-electron chi connectivity index (χ3n) is 4.70. The van der Waals surface area contributed by atoms with Gasteiger partial charge in [0.25, 0.3) is 0 Å². The lowest BCUT2D eigenvalue weighted by Gasteiger charge is -2.28. The quantitative estimate of drug-likeness (QED) is 0.792. The Morgan fingerprint density at radius 2 is 1.62 bits per heavy atom. The number of amides is 1. The van der Waals surface area contributed by atoms with Crippen molar-refractivity contribution in [2.75, 3.05) is 11.4 Å². The van der Waals surface area contributed by atoms with Crippen LogP contribution in [0, 0.1) is 5.92 Å². The minimum Gasteiger partial charge on any atom is -0.510 e. The van der Waals surface area contributed by atoms with E-state index >= 15 is 0 Å². The Balaban J connectivity index is 1.75. The Bertz CT molecular complexity index is 789. The van der Waals surface area contributed by atoms with E-state index in [-0.39, 0.29) is 11.7 Å². The molecule has 4 rings (SSSR count). The van der Waals surface area contributed by atoms with Gasteiger partial charge in [-0.2, -0.15) is 0 Å². The molecule has 0 aromatic heterocycles. The van der Waals surface area contributed by atoms with Gasteiger partial charge in [0.15, 0.2) is 6.23 Å². The molecule has 2 aliphatic rings. The van der Waals surface area contributed by atoms with E-state index in [2.05, 4.69) is 5.32 Å². The molecule has 3 atom stereocenters. The fourth-order valence-electron chi connectivity index (χ4n) is 3.53. The second kappa shape index (κ2) is 5.78. The molecular weight excluding hydrogens is 304 g/mol. The van der Waals surface area contributed by atoms with E-state index in [1.54, 1.807) is 12.1 Å². The summed E-state index contributed by atoms with van der Waals surface area (Å²) < 4.78 is 0. The maximum Gasteiger partial charge on any atom is 0.238 e. The maximum absolute atomic E-state index is 12.7. The predicted molar refractivity (Wildman–Crippen MR) is 90.3 cm³/mol. The molecule has 2 aliphatic heterocycles. The first-order chi connectivity index (χ1) is 11.7. The Morgan fingerprint density at radius 3 is 2.29 bits per heavy atom. The van der Waals surface area contributed by atoms with Gasteiger partial charge in [-0.05, 0) is 17.7 Å². The zero-order chi connectivity index (χ0) is 16.7. The van der Waals surface area contributed by atoms with Crippen molar-refractivity contribution in [3.63, 3.8) is 0 Å². The second-order valence-electron chi connectivity index (χ2n) is 6.06. The Morgan fingerprint density at radius 1 is 1.00 bits per heavy atom. The van der Waals surface area contributed by atoms with Crippen molar-refractivity contribution in [2.24, 2.45) is 5.92 Å². The lowest BCUT2D eigenvalue weighted by molar-refractivity contribution is -0.120. The number of carbonyl (C=O) groups is 1. The maximum atomic E-state index is 12.7. The number of aliphatic hydroxyl groups excluding tert-OH is 2. The minimum absolute atomic E-state index is 0.0386. The molecule has 1 amide bonds. The number of aliphatic hydroxyl groups is 2. The number of anilines is 1. The van der Waals surface area contributed by atoms with Gasteiger partial charge < -0.3 is 15.5 Å². The molecule has 3 unspecified atom stereocenters. The Labute approximate surface area is 139 Å². The van der Waals surface area contributed by atoms with Gasteiger partial charge in [0.1, 0.15) is 5.76 Å². The van der Waals surface area contributed by atoms with E-state index in [0.29, 0.717) is 17.8 Å². The topological polar surface area (TPSA) is 72.8 Å². The average molecular weight is 322 g/mol. The van der Waals surface area contributed by atoms with Crippen LogP contribution in [0.5, 0.6) is 0 Å². The molecule has 2 aromatic rings. The molecular formula is C19H18N2O3. The molecule has 0 aliphatic carbocycles. The summed E-state index contributed by atoms with van der Waals surface area (Å²) in [6.07, 6.45) is -1.14. The number of nitrogens with one attached hydrogen (secondary N) is 1. The summed E-state index contributed by atoms with van der Waals surface area (Å²) in [5, 5.41) is 24.6. The summed E-state index contributed by atoms with van der Waals surface area (Å²) in [5.41, 5.74) is 1.93. The van der Waals surface area contributed by atoms with Crippen molar-refractivity contribution in [3.05, 3.63) is 77.6 Å². The molecule has 2 heterocycles. The highest BCUT2D eigenvalue weighted by Crippen LogP contribution is 2.40. The number of nitrogens with zero attached hydrogens (tertiary/aromatic N) is 1. The lowest BCUT2D eigenvalue weighted by Crippen LogP contribution is -2.38. The van der Waals surface area contributed by atoms with Crippen LogP contribution in [0.25, 0.3) is 0 Å². The third-order valence-corrected chi connectivity index (χ3v) is 4.70. The van der Waals surface area contributed by atoms with E-state index in [1.165, 1.54) is 4.90 Å². The summed E-state index contributed by atoms with van der Waals surface area (Å²) in [7, 11) is 0. The van der Waals surface area contributed by atoms with E-state index in [1.807, 2.05) is 48.5 Å². The molecule has 0 bridgehead atoms. The molecule has 122 valence electrons. The van der Waals surface area contributed by atoms with Crippen molar-refractivity contribution in [3.8, 4) is 0 Å². The van der Waals surface area contributed by atoms with Gasteiger partial charge in [-0.1, -0.05) is 48.5 Å². The van der Waals surface area contributed by atoms with E-state index in [9.17, 15) is 15.0 Å². The van der Waals surface area contributed by atoms with Gasteiger partial charge in [-0.25, -0.2) is 0 Å². The molecule has 1 fully saturated rings. The van der Waals surface area contributed by atoms with Crippen molar-refractivity contribution < 1.29 is 15.0 Å². The highest BCUT2D eigenvalue weighted by molar-refractivity contribution is 6.01. The van der Waals surface area contributed by atoms with Crippen molar-refractivity contribution >= 4 is 11.6 Å². The molecule has 0 radical (unpaired) electrons. The van der Waals surface area contributed by atoms with Crippen LogP contribution < -0.4 is 10.2 Å². The van der Waals surface area contributed by atoms with Crippen LogP contribution in [0.2, 0.25) is 0 Å². The fourth-order valence-corrected chi connectivity index (χ4v) is 3.53. The van der Waals surface area contributed by atoms with Crippen LogP contribution in [0.15, 0.2) is 72.0 Å². The molecule has 5 heteroatoms. The molecule has 5 nitrogen and oxygen atoms in total. The van der Waals surface area contributed by atoms with Gasteiger partial charge >= 0.3 is 0 Å². The van der Waals surface area contributed by atoms with Crippen LogP contribution in [0.1, 0.15) is 11.6 Å². The summed E-state index contributed by atoms with van der Waals surface area (Å²) in [4.78, 5) is 14.1. The van der Waals surface area contributed by atoms with Crippen LogP contribution in [0.3, 0.4) is 0 Å². The van der Waals surface area contributed by atoms with Gasteiger partial charge in [-0.3, -0.25) is 9.69 Å². The lowest BCUT2D eigenvalue weighted by atomic mass is 9.90. The van der Waals surface area contributed by atoms with Crippen LogP contribution in [-0.4, -0.2) is 28.9 Å². The molecule has 1 saturated heterocycles. The SMILES string of the molecule is O=C1C2CNC(c3ccccc3)C(O)=C2C(O)N1c1ccccc1. The van der Waals surface area contributed by atoms with E-state index in [4.69, 9.17) is 0 Å². The second-order valence-corrected chi connectivity index (χ2v) is 6.06. The van der Waals surface area contributed by atoms with Crippen LogP contribution in [0.4, 0.5) is 5.69 Å². The minimum atomic E-state index is -1.14. The third kappa shape index (κ3) is 2.21. The van der Waals surface area contributed by atoms with Gasteiger partial charge in [0, 0.05) is 17.8 Å². The number of hydrogen-bond donors (Lipinski definition) is 3. The first-order valence-electron chi connectivity index (χ1n) is 7.96. The van der Waals surface area contributed by atoms with Gasteiger partial charge in [0.05, 0.1) is 12.0 Å². The number of rotatable bonds is 2. The average Bonchev–Trinajstić information content (AvgIpc) is 2.88. The zero-order valence-corrected chi connectivity index (χ0v) is 13.0. The molecule has 0 saturated carbocycles. The van der Waals surface area contributed by atoms with Crippen molar-refractivity contribution in [1.29, 1.82) is 0 Å². The Hall–Kier alpha value is -2.63. The van der Waals surface area contributed by atoms with E-state index < -0.39 is 18.2 Å². The predicted octanol–water partition coefficient (Wildman–Crippen LogP) is 2.12. The van der Waals surface area contributed by atoms with Crippen LogP contribution >= 0.6 is 0 Å². The van der Waals surface area contributed by atoms with Gasteiger partial charge in [-0.15, -0.1) is 0 Å². The largest absolute Gasteiger partial charge is 0.510 e. The number of carbonyl (C=O) groups excluding carboxylic acids is 1. The monoisotopic (exact) mass is 322 g/mol. The number of para-hydroxylation sites is 1. The number of hydrogen-bond acceptors (Lipinski definition) is 4.